The van der Waals surface area contributed by atoms with Crippen molar-refractivity contribution in [2.75, 3.05) is 19.7 Å². The highest BCUT2D eigenvalue weighted by Crippen LogP contribution is 2.19. The summed E-state index contributed by atoms with van der Waals surface area (Å²) in [6.45, 7) is 2.94. The third-order valence-electron chi connectivity index (χ3n) is 5.27. The minimum Gasteiger partial charge on any atom is -0.464 e. The molecule has 1 heterocycles. The Labute approximate surface area is 177 Å². The molecule has 1 aliphatic rings. The van der Waals surface area contributed by atoms with Gasteiger partial charge in [0.15, 0.2) is 0 Å². The zero-order valence-electron chi connectivity index (χ0n) is 17.3. The minimum absolute atomic E-state index is 0.0261. The van der Waals surface area contributed by atoms with E-state index in [1.54, 1.807) is 11.8 Å². The average Bonchev–Trinajstić information content (AvgIpc) is 3.14. The van der Waals surface area contributed by atoms with Crippen LogP contribution in [0.15, 0.2) is 60.7 Å². The van der Waals surface area contributed by atoms with Crippen LogP contribution in [0.4, 0.5) is 0 Å². The van der Waals surface area contributed by atoms with Crippen LogP contribution in [0.3, 0.4) is 0 Å². The van der Waals surface area contributed by atoms with Crippen molar-refractivity contribution in [3.63, 3.8) is 0 Å². The molecular weight excluding hydrogens is 380 g/mol. The van der Waals surface area contributed by atoms with Crippen molar-refractivity contribution in [1.82, 2.24) is 10.2 Å². The van der Waals surface area contributed by atoms with Gasteiger partial charge < -0.3 is 15.0 Å². The summed E-state index contributed by atoms with van der Waals surface area (Å²) >= 11 is 0. The molecule has 3 rings (SSSR count). The second kappa shape index (κ2) is 10.6. The van der Waals surface area contributed by atoms with Crippen molar-refractivity contribution >= 4 is 17.8 Å². The summed E-state index contributed by atoms with van der Waals surface area (Å²) in [6, 6.07) is 18.7. The Hall–Kier alpha value is -3.15. The average molecular weight is 408 g/mol. The van der Waals surface area contributed by atoms with E-state index in [9.17, 15) is 14.4 Å². The Morgan fingerprint density at radius 1 is 1.07 bits per heavy atom. The third-order valence-corrected chi connectivity index (χ3v) is 5.27. The van der Waals surface area contributed by atoms with E-state index in [0.717, 1.165) is 17.5 Å². The third kappa shape index (κ3) is 5.92. The van der Waals surface area contributed by atoms with Crippen LogP contribution in [-0.4, -0.2) is 48.4 Å². The van der Waals surface area contributed by atoms with E-state index >= 15 is 0 Å². The van der Waals surface area contributed by atoms with E-state index in [1.165, 1.54) is 0 Å². The van der Waals surface area contributed by atoms with Gasteiger partial charge in [-0.05, 0) is 24.5 Å². The fourth-order valence-electron chi connectivity index (χ4n) is 3.65. The lowest BCUT2D eigenvalue weighted by Crippen LogP contribution is -2.46. The molecule has 2 aromatic carbocycles. The molecule has 1 aliphatic heterocycles. The summed E-state index contributed by atoms with van der Waals surface area (Å²) in [4.78, 5) is 39.3. The molecule has 0 saturated carbocycles. The highest BCUT2D eigenvalue weighted by Gasteiger charge is 2.35. The lowest BCUT2D eigenvalue weighted by Gasteiger charge is -2.20. The molecule has 0 aliphatic carbocycles. The Kier molecular flexibility index (Phi) is 7.60. The van der Waals surface area contributed by atoms with Gasteiger partial charge in [-0.3, -0.25) is 9.59 Å². The topological polar surface area (TPSA) is 75.7 Å². The highest BCUT2D eigenvalue weighted by atomic mass is 16.5. The van der Waals surface area contributed by atoms with Gasteiger partial charge in [0.1, 0.15) is 6.04 Å². The van der Waals surface area contributed by atoms with Gasteiger partial charge in [0.2, 0.25) is 11.8 Å². The van der Waals surface area contributed by atoms with Crippen LogP contribution in [0.1, 0.15) is 24.5 Å². The maximum absolute atomic E-state index is 12.8. The van der Waals surface area contributed by atoms with Crippen molar-refractivity contribution in [1.29, 1.82) is 0 Å². The molecule has 1 fully saturated rings. The number of nitrogens with one attached hydrogen (secondary N) is 1. The smallest absolute Gasteiger partial charge is 0.328 e. The summed E-state index contributed by atoms with van der Waals surface area (Å²) in [7, 11) is 0. The quantitative estimate of drug-likeness (QED) is 0.647. The van der Waals surface area contributed by atoms with Gasteiger partial charge in [-0.25, -0.2) is 4.79 Å². The Bertz CT molecular complexity index is 854. The summed E-state index contributed by atoms with van der Waals surface area (Å²) in [6.07, 6.45) is 1.27. The molecule has 0 spiro atoms. The summed E-state index contributed by atoms with van der Waals surface area (Å²) in [5, 5.41) is 2.81. The van der Waals surface area contributed by atoms with Crippen molar-refractivity contribution in [2.45, 2.75) is 32.2 Å². The van der Waals surface area contributed by atoms with Gasteiger partial charge in [0.25, 0.3) is 0 Å². The number of hydrogen-bond donors (Lipinski definition) is 1. The molecule has 6 nitrogen and oxygen atoms in total. The van der Waals surface area contributed by atoms with E-state index in [2.05, 4.69) is 5.32 Å². The number of ether oxygens (including phenoxy) is 1. The SMILES string of the molecule is CCOC(=O)C(Cc1ccccc1)NC(=O)C1CC(=O)N(CCc2ccccc2)C1. The number of amides is 2. The van der Waals surface area contributed by atoms with Crippen LogP contribution in [0, 0.1) is 5.92 Å². The standard InChI is InChI=1S/C24H28N2O4/c1-2-30-24(29)21(15-19-11-7-4-8-12-19)25-23(28)20-16-22(27)26(17-20)14-13-18-9-5-3-6-10-18/h3-12,20-21H,2,13-17H2,1H3,(H,25,28). The highest BCUT2D eigenvalue weighted by molar-refractivity contribution is 5.91. The predicted molar refractivity (Wildman–Crippen MR) is 114 cm³/mol. The number of benzene rings is 2. The zero-order valence-corrected chi connectivity index (χ0v) is 17.3. The molecule has 2 aromatic rings. The van der Waals surface area contributed by atoms with Gasteiger partial charge in [-0.2, -0.15) is 0 Å². The lowest BCUT2D eigenvalue weighted by atomic mass is 10.0. The van der Waals surface area contributed by atoms with Crippen LogP contribution >= 0.6 is 0 Å². The number of hydrogen-bond acceptors (Lipinski definition) is 4. The number of likely N-dealkylation sites (tertiary alicyclic amines) is 1. The summed E-state index contributed by atoms with van der Waals surface area (Å²) in [5.41, 5.74) is 2.09. The van der Waals surface area contributed by atoms with Crippen molar-refractivity contribution in [3.8, 4) is 0 Å². The van der Waals surface area contributed by atoms with Crippen LogP contribution in [0.5, 0.6) is 0 Å². The number of carbonyl (C=O) groups excluding carboxylic acids is 3. The second-order valence-corrected chi connectivity index (χ2v) is 7.48. The van der Waals surface area contributed by atoms with Gasteiger partial charge in [-0.1, -0.05) is 60.7 Å². The van der Waals surface area contributed by atoms with Gasteiger partial charge >= 0.3 is 5.97 Å². The van der Waals surface area contributed by atoms with Crippen molar-refractivity contribution in [2.24, 2.45) is 5.92 Å². The molecule has 6 heteroatoms. The van der Waals surface area contributed by atoms with Gasteiger partial charge in [-0.15, -0.1) is 0 Å². The van der Waals surface area contributed by atoms with E-state index in [1.807, 2.05) is 60.7 Å². The molecule has 2 unspecified atom stereocenters. The number of esters is 1. The van der Waals surface area contributed by atoms with E-state index in [4.69, 9.17) is 4.74 Å². The monoisotopic (exact) mass is 408 g/mol. The lowest BCUT2D eigenvalue weighted by molar-refractivity contribution is -0.147. The van der Waals surface area contributed by atoms with E-state index < -0.39 is 17.9 Å². The molecule has 0 bridgehead atoms. The molecule has 1 N–H and O–H groups in total. The van der Waals surface area contributed by atoms with Crippen molar-refractivity contribution in [3.05, 3.63) is 71.8 Å². The Balaban J connectivity index is 1.58. The molecule has 1 saturated heterocycles. The summed E-state index contributed by atoms with van der Waals surface area (Å²) in [5.74, 6) is -1.22. The second-order valence-electron chi connectivity index (χ2n) is 7.48. The molecule has 2 atom stereocenters. The minimum atomic E-state index is -0.770. The largest absolute Gasteiger partial charge is 0.464 e. The van der Waals surface area contributed by atoms with E-state index in [0.29, 0.717) is 19.5 Å². The van der Waals surface area contributed by atoms with Crippen LogP contribution < -0.4 is 5.32 Å². The Morgan fingerprint density at radius 2 is 1.70 bits per heavy atom. The van der Waals surface area contributed by atoms with Crippen molar-refractivity contribution < 1.29 is 19.1 Å². The maximum atomic E-state index is 12.8. The zero-order chi connectivity index (χ0) is 21.3. The van der Waals surface area contributed by atoms with Crippen LogP contribution in [0.2, 0.25) is 0 Å². The molecular formula is C24H28N2O4. The Morgan fingerprint density at radius 3 is 2.33 bits per heavy atom. The first-order valence-corrected chi connectivity index (χ1v) is 10.4. The first-order chi connectivity index (χ1) is 14.6. The fourth-order valence-corrected chi connectivity index (χ4v) is 3.65. The summed E-state index contributed by atoms with van der Waals surface area (Å²) < 4.78 is 5.14. The van der Waals surface area contributed by atoms with Gasteiger partial charge in [0, 0.05) is 25.9 Å². The van der Waals surface area contributed by atoms with Gasteiger partial charge in [0.05, 0.1) is 12.5 Å². The number of nitrogens with zero attached hydrogens (tertiary/aromatic N) is 1. The number of rotatable bonds is 9. The number of carbonyl (C=O) groups is 3. The molecule has 0 radical (unpaired) electrons. The van der Waals surface area contributed by atoms with Crippen LogP contribution in [-0.2, 0) is 32.0 Å². The first-order valence-electron chi connectivity index (χ1n) is 10.4. The van der Waals surface area contributed by atoms with Crippen LogP contribution in [0.25, 0.3) is 0 Å². The first kappa shape index (κ1) is 21.6. The molecule has 30 heavy (non-hydrogen) atoms. The van der Waals surface area contributed by atoms with E-state index in [-0.39, 0.29) is 24.8 Å². The molecule has 158 valence electrons. The molecule has 2 amide bonds. The molecule has 0 aromatic heterocycles. The fraction of sp³-hybridized carbons (Fsp3) is 0.375. The predicted octanol–water partition coefficient (Wildman–Crippen LogP) is 2.37. The maximum Gasteiger partial charge on any atom is 0.328 e. The normalized spacial score (nSPS) is 16.9.